The first-order valence-corrected chi connectivity index (χ1v) is 7.52. The van der Waals surface area contributed by atoms with Crippen LogP contribution >= 0.6 is 0 Å². The van der Waals surface area contributed by atoms with E-state index in [1.807, 2.05) is 0 Å². The summed E-state index contributed by atoms with van der Waals surface area (Å²) in [5.41, 5.74) is 8.25. The van der Waals surface area contributed by atoms with E-state index >= 15 is 0 Å². The van der Waals surface area contributed by atoms with Gasteiger partial charge in [0.1, 0.15) is 11.3 Å². The zero-order valence-corrected chi connectivity index (χ0v) is 12.5. The zero-order chi connectivity index (χ0) is 14.8. The van der Waals surface area contributed by atoms with Crippen LogP contribution in [0.25, 0.3) is 33.2 Å². The minimum atomic E-state index is 1.00. The van der Waals surface area contributed by atoms with Crippen molar-refractivity contribution >= 4 is 33.2 Å². The molecule has 106 valence electrons. The van der Waals surface area contributed by atoms with Gasteiger partial charge in [-0.15, -0.1) is 0 Å². The van der Waals surface area contributed by atoms with E-state index in [9.17, 15) is 0 Å². The van der Waals surface area contributed by atoms with Gasteiger partial charge in [-0.1, -0.05) is 30.3 Å². The summed E-state index contributed by atoms with van der Waals surface area (Å²) in [5.74, 6) is 0. The Hall–Kier alpha value is -2.81. The van der Waals surface area contributed by atoms with Gasteiger partial charge >= 0.3 is 0 Å². The van der Waals surface area contributed by atoms with Crippen molar-refractivity contribution < 1.29 is 0 Å². The van der Waals surface area contributed by atoms with Crippen LogP contribution in [0.2, 0.25) is 0 Å². The molecule has 3 heterocycles. The first kappa shape index (κ1) is 11.8. The van der Waals surface area contributed by atoms with Crippen molar-refractivity contribution in [3.63, 3.8) is 0 Å². The zero-order valence-electron chi connectivity index (χ0n) is 12.5. The molecule has 0 bridgehead atoms. The minimum absolute atomic E-state index is 1.00. The van der Waals surface area contributed by atoms with E-state index < -0.39 is 0 Å². The van der Waals surface area contributed by atoms with Crippen LogP contribution in [0, 0.1) is 13.8 Å². The quantitative estimate of drug-likeness (QED) is 0.410. The molecule has 0 aliphatic carbocycles. The fraction of sp³-hybridized carbons (Fsp3) is 0.105. The molecule has 0 radical (unpaired) electrons. The van der Waals surface area contributed by atoms with Crippen LogP contribution in [-0.4, -0.2) is 13.8 Å². The topological polar surface area (TPSA) is 21.7 Å². The lowest BCUT2D eigenvalue weighted by Gasteiger charge is -2.04. The number of nitrogens with zero attached hydrogens (tertiary/aromatic N) is 3. The third-order valence-electron chi connectivity index (χ3n) is 4.62. The Bertz CT molecular complexity index is 1190. The van der Waals surface area contributed by atoms with Gasteiger partial charge in [-0.3, -0.25) is 4.40 Å². The Morgan fingerprint density at radius 2 is 1.77 bits per heavy atom. The second kappa shape index (κ2) is 3.89. The van der Waals surface area contributed by atoms with Crippen LogP contribution in [0.4, 0.5) is 0 Å². The summed E-state index contributed by atoms with van der Waals surface area (Å²) in [4.78, 5) is 4.79. The maximum atomic E-state index is 4.79. The number of benzene rings is 2. The summed E-state index contributed by atoms with van der Waals surface area (Å²) in [6, 6.07) is 17.0. The Morgan fingerprint density at radius 3 is 2.68 bits per heavy atom. The number of hydrogen-bond donors (Lipinski definition) is 0. The number of para-hydroxylation sites is 2. The lowest BCUT2D eigenvalue weighted by molar-refractivity contribution is 1.12. The minimum Gasteiger partial charge on any atom is -0.302 e. The molecule has 0 saturated carbocycles. The Labute approximate surface area is 127 Å². The van der Waals surface area contributed by atoms with Crippen LogP contribution in [0.3, 0.4) is 0 Å². The summed E-state index contributed by atoms with van der Waals surface area (Å²) in [7, 11) is 0. The smallest absolute Gasteiger partial charge is 0.141 e. The molecule has 0 unspecified atom stereocenters. The van der Waals surface area contributed by atoms with E-state index in [1.54, 1.807) is 0 Å². The summed E-state index contributed by atoms with van der Waals surface area (Å²) >= 11 is 0. The van der Waals surface area contributed by atoms with E-state index in [0.29, 0.717) is 0 Å². The van der Waals surface area contributed by atoms with E-state index in [2.05, 4.69) is 77.4 Å². The van der Waals surface area contributed by atoms with Gasteiger partial charge in [0, 0.05) is 17.1 Å². The SMILES string of the molecule is Cc1cccc2nc3ccn4c5ccccc5c(C)c4n3c12. The summed E-state index contributed by atoms with van der Waals surface area (Å²) in [6.45, 7) is 4.35. The van der Waals surface area contributed by atoms with Crippen LogP contribution in [0.1, 0.15) is 11.1 Å². The number of rotatable bonds is 0. The largest absolute Gasteiger partial charge is 0.302 e. The third-order valence-corrected chi connectivity index (χ3v) is 4.62. The standard InChI is InChI=1S/C19H15N3/c1-12-6-5-8-15-18(12)22-17(20-15)10-11-21-16-9-4-3-7-14(16)13(2)19(21)22/h3-11H,1-2H3. The molecular formula is C19H15N3. The molecule has 0 N–H and O–H groups in total. The lowest BCUT2D eigenvalue weighted by Crippen LogP contribution is -1.95. The molecular weight excluding hydrogens is 270 g/mol. The van der Waals surface area contributed by atoms with Gasteiger partial charge in [-0.2, -0.15) is 0 Å². The van der Waals surface area contributed by atoms with Crippen molar-refractivity contribution in [2.75, 3.05) is 0 Å². The van der Waals surface area contributed by atoms with Crippen molar-refractivity contribution in [3.05, 3.63) is 65.9 Å². The maximum Gasteiger partial charge on any atom is 0.141 e. The Kier molecular flexibility index (Phi) is 2.09. The Morgan fingerprint density at radius 1 is 0.909 bits per heavy atom. The first-order chi connectivity index (χ1) is 10.8. The van der Waals surface area contributed by atoms with Crippen LogP contribution < -0.4 is 0 Å². The van der Waals surface area contributed by atoms with E-state index in [4.69, 9.17) is 4.98 Å². The van der Waals surface area contributed by atoms with Crippen molar-refractivity contribution in [1.82, 2.24) is 13.8 Å². The van der Waals surface area contributed by atoms with E-state index in [0.717, 1.165) is 11.2 Å². The summed E-state index contributed by atoms with van der Waals surface area (Å²) < 4.78 is 4.56. The number of aryl methyl sites for hydroxylation is 2. The number of hydrogen-bond acceptors (Lipinski definition) is 1. The fourth-order valence-corrected chi connectivity index (χ4v) is 3.62. The molecule has 2 aromatic carbocycles. The molecule has 0 atom stereocenters. The van der Waals surface area contributed by atoms with Crippen molar-refractivity contribution in [2.24, 2.45) is 0 Å². The maximum absolute atomic E-state index is 4.79. The van der Waals surface area contributed by atoms with Gasteiger partial charge in [0.05, 0.1) is 16.6 Å². The highest BCUT2D eigenvalue weighted by Gasteiger charge is 2.14. The highest BCUT2D eigenvalue weighted by molar-refractivity contribution is 5.94. The van der Waals surface area contributed by atoms with E-state index in [1.165, 1.54) is 33.2 Å². The average molecular weight is 285 g/mol. The summed E-state index contributed by atoms with van der Waals surface area (Å²) in [6.07, 6.45) is 2.13. The van der Waals surface area contributed by atoms with Gasteiger partial charge in [0.2, 0.25) is 0 Å². The lowest BCUT2D eigenvalue weighted by atomic mass is 10.2. The normalized spacial score (nSPS) is 12.1. The first-order valence-electron chi connectivity index (χ1n) is 7.52. The predicted octanol–water partition coefficient (Wildman–Crippen LogP) is 4.51. The molecule has 0 saturated heterocycles. The van der Waals surface area contributed by atoms with Gasteiger partial charge in [-0.25, -0.2) is 4.98 Å². The number of imidazole rings is 1. The van der Waals surface area contributed by atoms with Gasteiger partial charge in [-0.05, 0) is 37.6 Å². The Balaban J connectivity index is 2.19. The van der Waals surface area contributed by atoms with Crippen molar-refractivity contribution in [1.29, 1.82) is 0 Å². The highest BCUT2D eigenvalue weighted by Crippen LogP contribution is 2.29. The molecule has 0 amide bonds. The molecule has 3 aromatic heterocycles. The molecule has 0 aliphatic heterocycles. The summed E-state index contributed by atoms with van der Waals surface area (Å²) in [5, 5.41) is 1.30. The highest BCUT2D eigenvalue weighted by atomic mass is 15.1. The third kappa shape index (κ3) is 1.29. The van der Waals surface area contributed by atoms with Gasteiger partial charge in [0.25, 0.3) is 0 Å². The molecule has 22 heavy (non-hydrogen) atoms. The van der Waals surface area contributed by atoms with Crippen LogP contribution in [0.5, 0.6) is 0 Å². The molecule has 0 aliphatic rings. The van der Waals surface area contributed by atoms with Gasteiger partial charge in [0.15, 0.2) is 0 Å². The molecule has 0 spiro atoms. The monoisotopic (exact) mass is 285 g/mol. The fourth-order valence-electron chi connectivity index (χ4n) is 3.62. The molecule has 5 rings (SSSR count). The second-order valence-electron chi connectivity index (χ2n) is 5.90. The van der Waals surface area contributed by atoms with Crippen LogP contribution in [-0.2, 0) is 0 Å². The molecule has 3 heteroatoms. The average Bonchev–Trinajstić information content (AvgIpc) is 3.05. The molecule has 0 fully saturated rings. The number of aromatic nitrogens is 3. The van der Waals surface area contributed by atoms with Crippen molar-refractivity contribution in [2.45, 2.75) is 13.8 Å². The van der Waals surface area contributed by atoms with Crippen LogP contribution in [0.15, 0.2) is 54.7 Å². The molecule has 5 aromatic rings. The molecule has 3 nitrogen and oxygen atoms in total. The van der Waals surface area contributed by atoms with E-state index in [-0.39, 0.29) is 0 Å². The predicted molar refractivity (Wildman–Crippen MR) is 90.6 cm³/mol. The number of fused-ring (bicyclic) bond motifs is 7. The van der Waals surface area contributed by atoms with Crippen molar-refractivity contribution in [3.8, 4) is 0 Å². The second-order valence-corrected chi connectivity index (χ2v) is 5.90. The van der Waals surface area contributed by atoms with Gasteiger partial charge < -0.3 is 4.40 Å².